The van der Waals surface area contributed by atoms with Crippen LogP contribution in [0.4, 0.5) is 0 Å². The lowest BCUT2D eigenvalue weighted by molar-refractivity contribution is 0.280. The summed E-state index contributed by atoms with van der Waals surface area (Å²) in [5, 5.41) is 11.1. The quantitative estimate of drug-likeness (QED) is 0.772. The van der Waals surface area contributed by atoms with Crippen molar-refractivity contribution >= 4 is 0 Å². The molecule has 0 aliphatic carbocycles. The number of aromatic hydroxyl groups is 1. The third-order valence-corrected chi connectivity index (χ3v) is 5.59. The average molecular weight is 367 g/mol. The van der Waals surface area contributed by atoms with Gasteiger partial charge in [-0.15, -0.1) is 0 Å². The molecule has 1 N–H and O–H groups in total. The second-order valence-corrected chi connectivity index (χ2v) is 9.89. The summed E-state index contributed by atoms with van der Waals surface area (Å²) in [5.74, 6) is 0.452. The number of hydrogen-bond acceptors (Lipinski definition) is 3. The van der Waals surface area contributed by atoms with Crippen molar-refractivity contribution in [3.05, 3.63) is 58.9 Å². The fraction of sp³-hybridized carbons (Fsp3) is 0.542. The molecule has 1 aliphatic heterocycles. The van der Waals surface area contributed by atoms with Crippen LogP contribution in [0, 0.1) is 0 Å². The monoisotopic (exact) mass is 366 g/mol. The minimum Gasteiger partial charge on any atom is -0.507 e. The molecule has 0 amide bonds. The van der Waals surface area contributed by atoms with Crippen molar-refractivity contribution in [1.29, 1.82) is 0 Å². The van der Waals surface area contributed by atoms with E-state index in [1.54, 1.807) is 0 Å². The van der Waals surface area contributed by atoms with E-state index in [0.717, 1.165) is 24.2 Å². The molecule has 0 unspecified atom stereocenters. The van der Waals surface area contributed by atoms with E-state index in [0.29, 0.717) is 5.75 Å². The molecule has 146 valence electrons. The van der Waals surface area contributed by atoms with Crippen molar-refractivity contribution in [1.82, 2.24) is 9.88 Å². The average Bonchev–Trinajstić information content (AvgIpc) is 3.09. The molecule has 3 nitrogen and oxygen atoms in total. The third kappa shape index (κ3) is 4.19. The van der Waals surface area contributed by atoms with Crippen LogP contribution in [0.2, 0.25) is 0 Å². The largest absolute Gasteiger partial charge is 0.507 e. The number of nitrogens with zero attached hydrogens (tertiary/aromatic N) is 2. The first kappa shape index (κ1) is 19.9. The van der Waals surface area contributed by atoms with Crippen molar-refractivity contribution < 1.29 is 5.11 Å². The van der Waals surface area contributed by atoms with E-state index in [1.165, 1.54) is 24.0 Å². The highest BCUT2D eigenvalue weighted by Crippen LogP contribution is 2.43. The summed E-state index contributed by atoms with van der Waals surface area (Å²) in [5.41, 5.74) is 4.38. The highest BCUT2D eigenvalue weighted by molar-refractivity contribution is 5.51. The van der Waals surface area contributed by atoms with Crippen LogP contribution in [0.1, 0.15) is 82.7 Å². The summed E-state index contributed by atoms with van der Waals surface area (Å²) in [6, 6.07) is 8.92. The Morgan fingerprint density at radius 3 is 1.78 bits per heavy atom. The second-order valence-electron chi connectivity index (χ2n) is 9.89. The summed E-state index contributed by atoms with van der Waals surface area (Å²) in [7, 11) is 0. The molecule has 0 radical (unpaired) electrons. The maximum Gasteiger partial charge on any atom is 0.123 e. The Bertz CT molecular complexity index is 743. The Morgan fingerprint density at radius 2 is 1.33 bits per heavy atom. The molecule has 1 aromatic carbocycles. The van der Waals surface area contributed by atoms with E-state index in [2.05, 4.69) is 75.7 Å². The number of pyridine rings is 1. The molecule has 3 heteroatoms. The first-order valence-electron chi connectivity index (χ1n) is 10.1. The van der Waals surface area contributed by atoms with Gasteiger partial charge in [0, 0.05) is 12.4 Å². The van der Waals surface area contributed by atoms with Crippen LogP contribution in [0.5, 0.6) is 5.75 Å². The summed E-state index contributed by atoms with van der Waals surface area (Å²) < 4.78 is 0. The number of phenols is 1. The Kier molecular flexibility index (Phi) is 5.36. The normalized spacial score (nSPS) is 17.3. The van der Waals surface area contributed by atoms with Gasteiger partial charge in [-0.3, -0.25) is 9.88 Å². The van der Waals surface area contributed by atoms with Gasteiger partial charge in [0.1, 0.15) is 5.75 Å². The molecule has 27 heavy (non-hydrogen) atoms. The van der Waals surface area contributed by atoms with Gasteiger partial charge < -0.3 is 5.11 Å². The standard InChI is InChI=1S/C24H34N2O/c1-23(2,3)19-15-18(16-20(22(19)27)24(4,5)6)21(26-13-7-8-14-26)17-9-11-25-12-10-17/h9-12,15-16,21,27H,7-8,13-14H2,1-6H3/t21-/m1/s1. The number of benzene rings is 1. The zero-order valence-electron chi connectivity index (χ0n) is 17.7. The van der Waals surface area contributed by atoms with Crippen LogP contribution in [0.3, 0.4) is 0 Å². The molecule has 0 saturated carbocycles. The Morgan fingerprint density at radius 1 is 0.852 bits per heavy atom. The van der Waals surface area contributed by atoms with Crippen molar-refractivity contribution in [3.63, 3.8) is 0 Å². The molecule has 2 heterocycles. The Balaban J connectivity index is 2.22. The highest BCUT2D eigenvalue weighted by Gasteiger charge is 2.31. The predicted octanol–water partition coefficient (Wildman–Crippen LogP) is 5.57. The van der Waals surface area contributed by atoms with Crippen LogP contribution in [-0.4, -0.2) is 28.1 Å². The van der Waals surface area contributed by atoms with Crippen LogP contribution in [-0.2, 0) is 10.8 Å². The van der Waals surface area contributed by atoms with E-state index < -0.39 is 0 Å². The molecule has 0 bridgehead atoms. The maximum atomic E-state index is 11.1. The fourth-order valence-corrected chi connectivity index (χ4v) is 4.12. The number of phenolic OH excluding ortho intramolecular Hbond substituents is 1. The topological polar surface area (TPSA) is 36.4 Å². The minimum atomic E-state index is -0.117. The van der Waals surface area contributed by atoms with Gasteiger partial charge in [-0.2, -0.15) is 0 Å². The third-order valence-electron chi connectivity index (χ3n) is 5.59. The number of rotatable bonds is 3. The predicted molar refractivity (Wildman–Crippen MR) is 112 cm³/mol. The van der Waals surface area contributed by atoms with Gasteiger partial charge in [0.25, 0.3) is 0 Å². The van der Waals surface area contributed by atoms with Crippen LogP contribution < -0.4 is 0 Å². The number of likely N-dealkylation sites (tertiary alicyclic amines) is 1. The summed E-state index contributed by atoms with van der Waals surface area (Å²) in [6.07, 6.45) is 6.26. The van der Waals surface area contributed by atoms with Gasteiger partial charge in [-0.1, -0.05) is 41.5 Å². The van der Waals surface area contributed by atoms with Gasteiger partial charge in [0.2, 0.25) is 0 Å². The van der Waals surface area contributed by atoms with Gasteiger partial charge >= 0.3 is 0 Å². The summed E-state index contributed by atoms with van der Waals surface area (Å²) in [6.45, 7) is 15.3. The first-order valence-corrected chi connectivity index (χ1v) is 10.1. The van der Waals surface area contributed by atoms with E-state index >= 15 is 0 Å². The van der Waals surface area contributed by atoms with Crippen LogP contribution >= 0.6 is 0 Å². The second kappa shape index (κ2) is 7.27. The molecular weight excluding hydrogens is 332 g/mol. The number of aromatic nitrogens is 1. The summed E-state index contributed by atoms with van der Waals surface area (Å²) in [4.78, 5) is 6.79. The molecule has 1 fully saturated rings. The number of hydrogen-bond donors (Lipinski definition) is 1. The molecule has 0 spiro atoms. The molecule has 1 saturated heterocycles. The molecule has 3 rings (SSSR count). The van der Waals surface area contributed by atoms with E-state index in [1.807, 2.05) is 12.4 Å². The lowest BCUT2D eigenvalue weighted by atomic mass is 9.77. The fourth-order valence-electron chi connectivity index (χ4n) is 4.12. The molecule has 1 atom stereocenters. The SMILES string of the molecule is CC(C)(C)c1cc([C@@H](c2ccncc2)N2CCCC2)cc(C(C)(C)C)c1O. The van der Waals surface area contributed by atoms with Crippen molar-refractivity contribution in [2.45, 2.75) is 71.3 Å². The Labute approximate surface area is 164 Å². The Hall–Kier alpha value is -1.87. The van der Waals surface area contributed by atoms with Gasteiger partial charge in [-0.25, -0.2) is 0 Å². The highest BCUT2D eigenvalue weighted by atomic mass is 16.3. The zero-order valence-corrected chi connectivity index (χ0v) is 17.7. The summed E-state index contributed by atoms with van der Waals surface area (Å²) >= 11 is 0. The van der Waals surface area contributed by atoms with Crippen LogP contribution in [0.25, 0.3) is 0 Å². The first-order chi connectivity index (χ1) is 12.6. The molecular formula is C24H34N2O. The van der Waals surface area contributed by atoms with E-state index in [4.69, 9.17) is 0 Å². The minimum absolute atomic E-state index is 0.117. The van der Waals surface area contributed by atoms with Crippen molar-refractivity contribution in [2.75, 3.05) is 13.1 Å². The van der Waals surface area contributed by atoms with Crippen molar-refractivity contribution in [3.8, 4) is 5.75 Å². The van der Waals surface area contributed by atoms with Crippen LogP contribution in [0.15, 0.2) is 36.7 Å². The maximum absolute atomic E-state index is 11.1. The van der Waals surface area contributed by atoms with E-state index in [-0.39, 0.29) is 16.9 Å². The van der Waals surface area contributed by atoms with Crippen molar-refractivity contribution in [2.24, 2.45) is 0 Å². The van der Waals surface area contributed by atoms with Gasteiger partial charge in [0.15, 0.2) is 0 Å². The zero-order chi connectivity index (χ0) is 19.8. The molecule has 1 aromatic heterocycles. The van der Waals surface area contributed by atoms with E-state index in [9.17, 15) is 5.11 Å². The lowest BCUT2D eigenvalue weighted by Crippen LogP contribution is -2.28. The smallest absolute Gasteiger partial charge is 0.123 e. The van der Waals surface area contributed by atoms with Gasteiger partial charge in [0.05, 0.1) is 6.04 Å². The van der Waals surface area contributed by atoms with Gasteiger partial charge in [-0.05, 0) is 83.3 Å². The molecule has 1 aliphatic rings. The lowest BCUT2D eigenvalue weighted by Gasteiger charge is -2.33. The molecule has 2 aromatic rings.